The van der Waals surface area contributed by atoms with E-state index in [0.717, 1.165) is 11.1 Å². The van der Waals surface area contributed by atoms with Crippen molar-refractivity contribution in [1.82, 2.24) is 9.97 Å². The molecule has 0 spiro atoms. The van der Waals surface area contributed by atoms with E-state index < -0.39 is 5.97 Å². The Labute approximate surface area is 163 Å². The van der Waals surface area contributed by atoms with Gasteiger partial charge in [-0.2, -0.15) is 0 Å². The number of benzene rings is 1. The van der Waals surface area contributed by atoms with Gasteiger partial charge in [-0.3, -0.25) is 4.79 Å². The Kier molecular flexibility index (Phi) is 4.81. The number of aliphatic hydroxyl groups excluding tert-OH is 1. The molecule has 0 aliphatic carbocycles. The number of esters is 1. The number of fused-ring (bicyclic) bond motifs is 1. The van der Waals surface area contributed by atoms with Crippen LogP contribution >= 0.6 is 11.3 Å². The third-order valence-electron chi connectivity index (χ3n) is 4.26. The highest BCUT2D eigenvalue weighted by Crippen LogP contribution is 2.30. The molecule has 0 bridgehead atoms. The average Bonchev–Trinajstić information content (AvgIpc) is 3.30. The number of hydrogen-bond acceptors (Lipinski definition) is 7. The van der Waals surface area contributed by atoms with Crippen LogP contribution in [0.5, 0.6) is 0 Å². The largest absolute Gasteiger partial charge is 0.463 e. The molecule has 8 heteroatoms. The van der Waals surface area contributed by atoms with Crippen LogP contribution in [0.2, 0.25) is 0 Å². The smallest absolute Gasteiger partial charge is 0.342 e. The Bertz CT molecular complexity index is 1210. The van der Waals surface area contributed by atoms with Gasteiger partial charge >= 0.3 is 5.97 Å². The number of ether oxygens (including phenoxy) is 1. The number of rotatable bonds is 5. The minimum absolute atomic E-state index is 0.179. The minimum atomic E-state index is -0.611. The van der Waals surface area contributed by atoms with Crippen molar-refractivity contribution in [3.8, 4) is 11.1 Å². The Morgan fingerprint density at radius 1 is 1.32 bits per heavy atom. The molecule has 1 aromatic carbocycles. The third-order valence-corrected chi connectivity index (χ3v) is 5.13. The predicted octanol–water partition coefficient (Wildman–Crippen LogP) is 3.40. The van der Waals surface area contributed by atoms with Gasteiger partial charge in [-0.1, -0.05) is 30.3 Å². The van der Waals surface area contributed by atoms with Gasteiger partial charge in [0.2, 0.25) is 0 Å². The van der Waals surface area contributed by atoms with Crippen LogP contribution in [0.1, 0.15) is 27.7 Å². The molecule has 0 aliphatic rings. The van der Waals surface area contributed by atoms with Gasteiger partial charge in [-0.15, -0.1) is 11.3 Å². The van der Waals surface area contributed by atoms with E-state index in [4.69, 9.17) is 14.3 Å². The number of aliphatic hydroxyl groups is 1. The number of nitrogens with zero attached hydrogens (tertiary/aromatic N) is 1. The van der Waals surface area contributed by atoms with E-state index >= 15 is 0 Å². The fraction of sp³-hybridized carbons (Fsp3) is 0.150. The lowest BCUT2D eigenvalue weighted by Gasteiger charge is -2.04. The van der Waals surface area contributed by atoms with Crippen LogP contribution in [0.3, 0.4) is 0 Å². The zero-order chi connectivity index (χ0) is 19.7. The molecule has 28 heavy (non-hydrogen) atoms. The maximum Gasteiger partial charge on any atom is 0.342 e. The van der Waals surface area contributed by atoms with Crippen LogP contribution in [0.4, 0.5) is 0 Å². The lowest BCUT2D eigenvalue weighted by Crippen LogP contribution is -2.14. The van der Waals surface area contributed by atoms with Crippen molar-refractivity contribution >= 4 is 27.5 Å². The van der Waals surface area contributed by atoms with E-state index in [9.17, 15) is 9.59 Å². The number of aryl methyl sites for hydroxylation is 1. The molecule has 3 aromatic heterocycles. The van der Waals surface area contributed by atoms with Crippen molar-refractivity contribution in [1.29, 1.82) is 0 Å². The molecule has 7 nitrogen and oxygen atoms in total. The van der Waals surface area contributed by atoms with Gasteiger partial charge in [0, 0.05) is 10.9 Å². The molecule has 0 atom stereocenters. The van der Waals surface area contributed by atoms with Gasteiger partial charge < -0.3 is 19.2 Å². The van der Waals surface area contributed by atoms with Crippen LogP contribution in [0.25, 0.3) is 21.3 Å². The molecule has 0 fully saturated rings. The van der Waals surface area contributed by atoms with Gasteiger partial charge in [0.1, 0.15) is 41.0 Å². The second kappa shape index (κ2) is 7.41. The number of aromatic nitrogens is 2. The van der Waals surface area contributed by atoms with E-state index in [1.807, 2.05) is 35.7 Å². The quantitative estimate of drug-likeness (QED) is 0.501. The molecule has 0 unspecified atom stereocenters. The summed E-state index contributed by atoms with van der Waals surface area (Å²) in [5.74, 6) is 0.289. The summed E-state index contributed by atoms with van der Waals surface area (Å²) in [6.45, 7) is 1.13. The summed E-state index contributed by atoms with van der Waals surface area (Å²) < 4.78 is 10.5. The van der Waals surface area contributed by atoms with Gasteiger partial charge in [0.05, 0.1) is 5.39 Å². The molecule has 0 saturated carbocycles. The second-order valence-electron chi connectivity index (χ2n) is 6.12. The van der Waals surface area contributed by atoms with Gasteiger partial charge in [0.25, 0.3) is 5.56 Å². The minimum Gasteiger partial charge on any atom is -0.463 e. The summed E-state index contributed by atoms with van der Waals surface area (Å²) in [6.07, 6.45) is 0. The molecular formula is C20H16N2O5S. The molecule has 142 valence electrons. The molecule has 0 aliphatic heterocycles. The summed E-state index contributed by atoms with van der Waals surface area (Å²) in [5, 5.41) is 11.5. The van der Waals surface area contributed by atoms with Crippen LogP contribution in [-0.4, -0.2) is 21.0 Å². The van der Waals surface area contributed by atoms with Crippen LogP contribution in [-0.2, 0) is 18.0 Å². The molecule has 0 amide bonds. The topological polar surface area (TPSA) is 105 Å². The zero-order valence-electron chi connectivity index (χ0n) is 14.9. The van der Waals surface area contributed by atoms with Crippen LogP contribution in [0.15, 0.2) is 51.0 Å². The van der Waals surface area contributed by atoms with Gasteiger partial charge in [-0.25, -0.2) is 9.78 Å². The Hall–Kier alpha value is -3.23. The molecule has 2 N–H and O–H groups in total. The lowest BCUT2D eigenvalue weighted by atomic mass is 10.1. The zero-order valence-corrected chi connectivity index (χ0v) is 15.7. The third kappa shape index (κ3) is 3.35. The summed E-state index contributed by atoms with van der Waals surface area (Å²) >= 11 is 1.36. The number of thiophene rings is 1. The maximum atomic E-state index is 12.6. The first-order chi connectivity index (χ1) is 13.6. The highest BCUT2D eigenvalue weighted by molar-refractivity contribution is 7.17. The Morgan fingerprint density at radius 2 is 2.11 bits per heavy atom. The van der Waals surface area contributed by atoms with Crippen molar-refractivity contribution in [2.75, 3.05) is 0 Å². The van der Waals surface area contributed by atoms with Crippen LogP contribution < -0.4 is 5.56 Å². The van der Waals surface area contributed by atoms with Gasteiger partial charge in [0.15, 0.2) is 0 Å². The molecule has 4 aromatic rings. The molecule has 0 saturated heterocycles. The number of furan rings is 1. The van der Waals surface area contributed by atoms with Crippen molar-refractivity contribution < 1.29 is 19.1 Å². The predicted molar refractivity (Wildman–Crippen MR) is 104 cm³/mol. The fourth-order valence-corrected chi connectivity index (χ4v) is 3.89. The number of H-pyrrole nitrogens is 1. The van der Waals surface area contributed by atoms with E-state index in [1.165, 1.54) is 17.4 Å². The highest BCUT2D eigenvalue weighted by atomic mass is 32.1. The average molecular weight is 396 g/mol. The monoisotopic (exact) mass is 396 g/mol. The normalized spacial score (nSPS) is 11.1. The Balaban J connectivity index is 1.58. The maximum absolute atomic E-state index is 12.6. The van der Waals surface area contributed by atoms with Crippen LogP contribution in [0, 0.1) is 6.92 Å². The van der Waals surface area contributed by atoms with Crippen molar-refractivity contribution in [3.05, 3.63) is 75.0 Å². The number of nitrogens with one attached hydrogen (secondary N) is 1. The molecule has 0 radical (unpaired) electrons. The van der Waals surface area contributed by atoms with Crippen molar-refractivity contribution in [2.24, 2.45) is 0 Å². The summed E-state index contributed by atoms with van der Waals surface area (Å²) in [7, 11) is 0. The van der Waals surface area contributed by atoms with Crippen molar-refractivity contribution in [3.63, 3.8) is 0 Å². The first-order valence-corrected chi connectivity index (χ1v) is 9.38. The SMILES string of the molecule is Cc1oc(CO)cc1C(=O)OCc1nc2scc(-c3ccccc3)c2c(=O)[nH]1. The Morgan fingerprint density at radius 3 is 2.82 bits per heavy atom. The summed E-state index contributed by atoms with van der Waals surface area (Å²) in [5.41, 5.74) is 1.71. The second-order valence-corrected chi connectivity index (χ2v) is 6.98. The first kappa shape index (κ1) is 18.1. The lowest BCUT2D eigenvalue weighted by molar-refractivity contribution is 0.0460. The van der Waals surface area contributed by atoms with E-state index in [2.05, 4.69) is 9.97 Å². The number of hydrogen-bond donors (Lipinski definition) is 2. The van der Waals surface area contributed by atoms with E-state index in [0.29, 0.717) is 16.0 Å². The first-order valence-electron chi connectivity index (χ1n) is 8.50. The summed E-state index contributed by atoms with van der Waals surface area (Å²) in [4.78, 5) is 32.5. The highest BCUT2D eigenvalue weighted by Gasteiger charge is 2.18. The standard InChI is InChI=1S/C20H16N2O5S/c1-11-14(7-13(8-23)27-11)20(25)26-9-16-21-18(24)17-15(10-28-19(17)22-16)12-5-3-2-4-6-12/h2-7,10,23H,8-9H2,1H3,(H,21,22,24). The molecule has 3 heterocycles. The van der Waals surface area contributed by atoms with Gasteiger partial charge in [-0.05, 0) is 18.6 Å². The molecular weight excluding hydrogens is 380 g/mol. The number of carbonyl (C=O) groups is 1. The molecule has 4 rings (SSSR count). The fourth-order valence-electron chi connectivity index (χ4n) is 2.93. The number of carbonyl (C=O) groups excluding carboxylic acids is 1. The summed E-state index contributed by atoms with van der Waals surface area (Å²) in [6, 6.07) is 11.0. The van der Waals surface area contributed by atoms with Crippen molar-refractivity contribution in [2.45, 2.75) is 20.1 Å². The number of aromatic amines is 1. The van der Waals surface area contributed by atoms with E-state index in [-0.39, 0.29) is 35.9 Å². The van der Waals surface area contributed by atoms with E-state index in [1.54, 1.807) is 6.92 Å².